The summed E-state index contributed by atoms with van der Waals surface area (Å²) in [5, 5.41) is 0.287. The van der Waals surface area contributed by atoms with Crippen LogP contribution in [-0.4, -0.2) is 52.5 Å². The zero-order valence-electron chi connectivity index (χ0n) is 11.3. The van der Waals surface area contributed by atoms with Gasteiger partial charge in [-0.25, -0.2) is 9.78 Å². The minimum Gasteiger partial charge on any atom is -0.464 e. The summed E-state index contributed by atoms with van der Waals surface area (Å²) in [5.74, 6) is 0.620. The molecule has 114 valence electrons. The molecule has 2 heterocycles. The molecular weight excluding hydrogens is 335 g/mol. The van der Waals surface area contributed by atoms with E-state index >= 15 is 0 Å². The molecule has 1 unspecified atom stereocenters. The van der Waals surface area contributed by atoms with Gasteiger partial charge in [0.15, 0.2) is 0 Å². The summed E-state index contributed by atoms with van der Waals surface area (Å²) in [6.07, 6.45) is 0. The second-order valence-electron chi connectivity index (χ2n) is 4.34. The first-order valence-corrected chi connectivity index (χ1v) is 8.32. The molecule has 1 aromatic heterocycles. The highest BCUT2D eigenvalue weighted by atomic mass is 35.5. The number of nitrogens with zero attached hydrogens (tertiary/aromatic N) is 2. The fourth-order valence-electron chi connectivity index (χ4n) is 2.03. The lowest BCUT2D eigenvalue weighted by molar-refractivity contribution is -0.147. The van der Waals surface area contributed by atoms with Crippen molar-refractivity contribution < 1.29 is 14.3 Å². The minimum atomic E-state index is -0.582. The Kier molecular flexibility index (Phi) is 5.72. The molecule has 0 saturated carbocycles. The molecule has 21 heavy (non-hydrogen) atoms. The van der Waals surface area contributed by atoms with E-state index in [1.54, 1.807) is 18.7 Å². The van der Waals surface area contributed by atoms with Crippen LogP contribution in [0.3, 0.4) is 0 Å². The molecule has 1 saturated heterocycles. The summed E-state index contributed by atoms with van der Waals surface area (Å²) < 4.78 is 5.03. The molecule has 0 spiro atoms. The molecule has 0 aliphatic carbocycles. The van der Waals surface area contributed by atoms with E-state index in [1.165, 1.54) is 17.0 Å². The number of hydrogen-bond acceptors (Lipinski definition) is 5. The molecule has 2 rings (SSSR count). The molecule has 0 bridgehead atoms. The van der Waals surface area contributed by atoms with Crippen molar-refractivity contribution in [2.75, 3.05) is 24.7 Å². The van der Waals surface area contributed by atoms with Crippen LogP contribution in [0.5, 0.6) is 0 Å². The van der Waals surface area contributed by atoms with Crippen molar-refractivity contribution in [1.29, 1.82) is 0 Å². The molecule has 1 fully saturated rings. The third-order valence-electron chi connectivity index (χ3n) is 2.96. The number of pyridine rings is 1. The van der Waals surface area contributed by atoms with Crippen LogP contribution in [-0.2, 0) is 9.53 Å². The van der Waals surface area contributed by atoms with Crippen LogP contribution in [0.15, 0.2) is 12.1 Å². The summed E-state index contributed by atoms with van der Waals surface area (Å²) >= 11 is 13.3. The van der Waals surface area contributed by atoms with Crippen LogP contribution < -0.4 is 0 Å². The fraction of sp³-hybridized carbons (Fsp3) is 0.462. The molecule has 8 heteroatoms. The van der Waals surface area contributed by atoms with Gasteiger partial charge in [-0.05, 0) is 19.1 Å². The minimum absolute atomic E-state index is 0.143. The van der Waals surface area contributed by atoms with Crippen molar-refractivity contribution >= 4 is 46.8 Å². The normalized spacial score (nSPS) is 18.4. The smallest absolute Gasteiger partial charge is 0.329 e. The molecule has 1 aliphatic heterocycles. The molecule has 5 nitrogen and oxygen atoms in total. The van der Waals surface area contributed by atoms with Crippen molar-refractivity contribution in [3.63, 3.8) is 0 Å². The van der Waals surface area contributed by atoms with Gasteiger partial charge in [-0.2, -0.15) is 11.8 Å². The number of amides is 1. The number of hydrogen-bond donors (Lipinski definition) is 0. The largest absolute Gasteiger partial charge is 0.464 e. The Labute approximate surface area is 136 Å². The number of rotatable bonds is 3. The van der Waals surface area contributed by atoms with Gasteiger partial charge in [-0.3, -0.25) is 4.79 Å². The Bertz CT molecular complexity index is 536. The standard InChI is InChI=1S/C13H14Cl2N2O3S/c1-2-20-13(19)9-7-21-4-3-17(9)12(18)8-5-10(14)16-11(15)6-8/h5-6,9H,2-4,7H2,1H3. The fourth-order valence-corrected chi connectivity index (χ4v) is 3.53. The first-order valence-electron chi connectivity index (χ1n) is 6.41. The Balaban J connectivity index is 2.24. The Morgan fingerprint density at radius 1 is 1.43 bits per heavy atom. The lowest BCUT2D eigenvalue weighted by atomic mass is 10.2. The average Bonchev–Trinajstić information content (AvgIpc) is 2.45. The first kappa shape index (κ1) is 16.4. The summed E-state index contributed by atoms with van der Waals surface area (Å²) in [6.45, 7) is 2.50. The van der Waals surface area contributed by atoms with Gasteiger partial charge in [0, 0.05) is 23.6 Å². The predicted molar refractivity (Wildman–Crippen MR) is 83.0 cm³/mol. The maximum Gasteiger partial charge on any atom is 0.329 e. The van der Waals surface area contributed by atoms with E-state index in [9.17, 15) is 9.59 Å². The number of halogens is 2. The lowest BCUT2D eigenvalue weighted by Crippen LogP contribution is -2.51. The van der Waals surface area contributed by atoms with Crippen LogP contribution in [0.1, 0.15) is 17.3 Å². The summed E-state index contributed by atoms with van der Waals surface area (Å²) in [6, 6.07) is 2.31. The third-order valence-corrected chi connectivity index (χ3v) is 4.37. The van der Waals surface area contributed by atoms with Gasteiger partial charge in [0.05, 0.1) is 6.61 Å². The molecule has 1 atom stereocenters. The summed E-state index contributed by atoms with van der Waals surface area (Å²) in [5.41, 5.74) is 0.321. The van der Waals surface area contributed by atoms with Crippen molar-refractivity contribution in [1.82, 2.24) is 9.88 Å². The molecule has 0 radical (unpaired) electrons. The molecule has 1 aliphatic rings. The van der Waals surface area contributed by atoms with E-state index in [0.717, 1.165) is 5.75 Å². The van der Waals surface area contributed by atoms with Gasteiger partial charge in [-0.1, -0.05) is 23.2 Å². The van der Waals surface area contributed by atoms with Crippen LogP contribution in [0.4, 0.5) is 0 Å². The van der Waals surface area contributed by atoms with Crippen molar-refractivity contribution in [2.45, 2.75) is 13.0 Å². The lowest BCUT2D eigenvalue weighted by Gasteiger charge is -2.33. The third kappa shape index (κ3) is 4.02. The molecule has 1 amide bonds. The molecule has 1 aromatic rings. The number of carbonyl (C=O) groups is 2. The Morgan fingerprint density at radius 2 is 2.10 bits per heavy atom. The van der Waals surface area contributed by atoms with Crippen molar-refractivity contribution in [3.8, 4) is 0 Å². The highest BCUT2D eigenvalue weighted by molar-refractivity contribution is 7.99. The molecule has 0 aromatic carbocycles. The Hall–Kier alpha value is -0.980. The number of ether oxygens (including phenoxy) is 1. The van der Waals surface area contributed by atoms with Gasteiger partial charge in [-0.15, -0.1) is 0 Å². The second kappa shape index (κ2) is 7.33. The molecular formula is C13H14Cl2N2O3S. The zero-order valence-corrected chi connectivity index (χ0v) is 13.7. The second-order valence-corrected chi connectivity index (χ2v) is 6.27. The highest BCUT2D eigenvalue weighted by Crippen LogP contribution is 2.22. The van der Waals surface area contributed by atoms with E-state index in [0.29, 0.717) is 17.9 Å². The number of aromatic nitrogens is 1. The summed E-state index contributed by atoms with van der Waals surface area (Å²) in [7, 11) is 0. The first-order chi connectivity index (χ1) is 10.0. The van der Waals surface area contributed by atoms with Gasteiger partial charge < -0.3 is 9.64 Å². The summed E-state index contributed by atoms with van der Waals surface area (Å²) in [4.78, 5) is 29.9. The van der Waals surface area contributed by atoms with E-state index < -0.39 is 6.04 Å². The van der Waals surface area contributed by atoms with E-state index in [2.05, 4.69) is 4.98 Å². The van der Waals surface area contributed by atoms with Crippen molar-refractivity contribution in [2.24, 2.45) is 0 Å². The van der Waals surface area contributed by atoms with Crippen LogP contribution in [0, 0.1) is 0 Å². The van der Waals surface area contributed by atoms with E-state index in [4.69, 9.17) is 27.9 Å². The van der Waals surface area contributed by atoms with Gasteiger partial charge in [0.2, 0.25) is 0 Å². The zero-order chi connectivity index (χ0) is 15.4. The topological polar surface area (TPSA) is 59.5 Å². The van der Waals surface area contributed by atoms with E-state index in [1.807, 2.05) is 0 Å². The van der Waals surface area contributed by atoms with Crippen LogP contribution in [0.2, 0.25) is 10.3 Å². The SMILES string of the molecule is CCOC(=O)C1CSCCN1C(=O)c1cc(Cl)nc(Cl)c1. The monoisotopic (exact) mass is 348 g/mol. The van der Waals surface area contributed by atoms with Crippen LogP contribution in [0.25, 0.3) is 0 Å². The van der Waals surface area contributed by atoms with Crippen LogP contribution >= 0.6 is 35.0 Å². The van der Waals surface area contributed by atoms with Crippen molar-refractivity contribution in [3.05, 3.63) is 28.0 Å². The highest BCUT2D eigenvalue weighted by Gasteiger charge is 2.34. The number of thioether (sulfide) groups is 1. The predicted octanol–water partition coefficient (Wildman–Crippen LogP) is 2.51. The van der Waals surface area contributed by atoms with E-state index in [-0.39, 0.29) is 28.8 Å². The maximum absolute atomic E-state index is 12.6. The maximum atomic E-state index is 12.6. The number of esters is 1. The molecule has 0 N–H and O–H groups in total. The Morgan fingerprint density at radius 3 is 2.71 bits per heavy atom. The van der Waals surface area contributed by atoms with Gasteiger partial charge >= 0.3 is 5.97 Å². The quantitative estimate of drug-likeness (QED) is 0.620. The van der Waals surface area contributed by atoms with Gasteiger partial charge in [0.1, 0.15) is 16.3 Å². The number of carbonyl (C=O) groups excluding carboxylic acids is 2. The van der Waals surface area contributed by atoms with Gasteiger partial charge in [0.25, 0.3) is 5.91 Å². The average molecular weight is 349 g/mol.